The van der Waals surface area contributed by atoms with Crippen molar-refractivity contribution >= 4 is 23.4 Å². The molecule has 0 aromatic heterocycles. The number of amides is 1. The summed E-state index contributed by atoms with van der Waals surface area (Å²) in [7, 11) is 1.31. The number of nitrogens with one attached hydrogen (secondary N) is 1. The van der Waals surface area contributed by atoms with Gasteiger partial charge in [-0.05, 0) is 30.5 Å². The van der Waals surface area contributed by atoms with Crippen molar-refractivity contribution < 1.29 is 19.1 Å². The smallest absolute Gasteiger partial charge is 0.408 e. The van der Waals surface area contributed by atoms with Gasteiger partial charge in [-0.3, -0.25) is 0 Å². The third-order valence-electron chi connectivity index (χ3n) is 5.63. The molecular weight excluding hydrogens is 394 g/mol. The number of carbonyl (C=O) groups is 2. The van der Waals surface area contributed by atoms with Crippen molar-refractivity contribution in [3.63, 3.8) is 0 Å². The molecule has 0 bridgehead atoms. The highest BCUT2D eigenvalue weighted by Crippen LogP contribution is 2.31. The molecule has 2 aromatic carbocycles. The third-order valence-corrected chi connectivity index (χ3v) is 5.63. The maximum absolute atomic E-state index is 12.5. The number of ether oxygens (including phenoxy) is 2. The number of alkyl carbamates (subject to hydrolysis) is 1. The summed E-state index contributed by atoms with van der Waals surface area (Å²) in [6.07, 6.45) is 4.83. The largest absolute Gasteiger partial charge is 0.467 e. The Bertz CT molecular complexity index is 853. The second-order valence-electron chi connectivity index (χ2n) is 7.78. The van der Waals surface area contributed by atoms with Crippen molar-refractivity contribution in [2.45, 2.75) is 50.8 Å². The van der Waals surface area contributed by atoms with E-state index in [0.717, 1.165) is 36.9 Å². The summed E-state index contributed by atoms with van der Waals surface area (Å²) in [6.45, 7) is 0.379. The number of esters is 1. The molecule has 0 saturated heterocycles. The minimum Gasteiger partial charge on any atom is -0.467 e. The van der Waals surface area contributed by atoms with E-state index in [9.17, 15) is 9.59 Å². The predicted octanol–water partition coefficient (Wildman–Crippen LogP) is 3.88. The number of methoxy groups -OCH3 is 1. The fourth-order valence-corrected chi connectivity index (χ4v) is 4.01. The maximum Gasteiger partial charge on any atom is 0.408 e. The third kappa shape index (κ3) is 6.38. The van der Waals surface area contributed by atoms with Gasteiger partial charge in [0, 0.05) is 12.6 Å². The zero-order valence-electron chi connectivity index (χ0n) is 18.0. The lowest BCUT2D eigenvalue weighted by Crippen LogP contribution is -2.52. The first-order chi connectivity index (χ1) is 15.1. The molecule has 0 heterocycles. The molecule has 3 N–H and O–H groups in total. The molecule has 1 atom stereocenters. The molecule has 0 aliphatic heterocycles. The van der Waals surface area contributed by atoms with Gasteiger partial charge in [0.2, 0.25) is 0 Å². The normalized spacial score (nSPS) is 15.0. The number of para-hydroxylation sites is 2. The summed E-state index contributed by atoms with van der Waals surface area (Å²) in [5, 5.41) is 2.68. The molecule has 3 rings (SSSR count). The highest BCUT2D eigenvalue weighted by Gasteiger charge is 2.30. The average molecular weight is 426 g/mol. The molecule has 7 heteroatoms. The summed E-state index contributed by atoms with van der Waals surface area (Å²) in [5.74, 6) is -0.521. The van der Waals surface area contributed by atoms with Crippen molar-refractivity contribution in [3.05, 3.63) is 60.2 Å². The Kier molecular flexibility index (Phi) is 8.15. The Morgan fingerprint density at radius 3 is 2.42 bits per heavy atom. The first kappa shape index (κ1) is 22.5. The predicted molar refractivity (Wildman–Crippen MR) is 121 cm³/mol. The number of nitrogens with two attached hydrogens (primary N) is 1. The Morgan fingerprint density at radius 1 is 1.06 bits per heavy atom. The second kappa shape index (κ2) is 11.2. The molecular formula is C24H31N3O4. The van der Waals surface area contributed by atoms with Crippen LogP contribution in [0.1, 0.15) is 37.7 Å². The van der Waals surface area contributed by atoms with Crippen LogP contribution in [0.3, 0.4) is 0 Å². The Morgan fingerprint density at radius 2 is 1.74 bits per heavy atom. The lowest BCUT2D eigenvalue weighted by molar-refractivity contribution is -0.142. The molecule has 2 aromatic rings. The molecule has 1 saturated carbocycles. The van der Waals surface area contributed by atoms with Crippen LogP contribution in [0.4, 0.5) is 16.2 Å². The number of nitrogen functional groups attached to an aromatic ring is 1. The van der Waals surface area contributed by atoms with Crippen molar-refractivity contribution in [1.29, 1.82) is 0 Å². The fraction of sp³-hybridized carbons (Fsp3) is 0.417. The van der Waals surface area contributed by atoms with E-state index < -0.39 is 18.1 Å². The van der Waals surface area contributed by atoms with Gasteiger partial charge in [0.25, 0.3) is 0 Å². The number of benzene rings is 2. The van der Waals surface area contributed by atoms with Crippen LogP contribution in [-0.2, 0) is 20.9 Å². The lowest BCUT2D eigenvalue weighted by Gasteiger charge is -2.38. The standard InChI is InChI=1S/C24H31N3O4/c1-30-23(28)21(26-24(29)31-17-18-10-4-2-5-11-18)16-27(19-12-6-3-7-13-19)22-15-9-8-14-20(22)25/h2,4-5,8-11,14-15,19,21H,3,6-7,12-13,16-17,25H2,1H3,(H,26,29)/t21-/m1/s1. The molecule has 1 fully saturated rings. The van der Waals surface area contributed by atoms with Crippen molar-refractivity contribution in [3.8, 4) is 0 Å². The molecule has 166 valence electrons. The summed E-state index contributed by atoms with van der Waals surface area (Å²) in [5.41, 5.74) is 8.63. The number of carbonyl (C=O) groups excluding carboxylic acids is 2. The molecule has 7 nitrogen and oxygen atoms in total. The summed E-state index contributed by atoms with van der Waals surface area (Å²) < 4.78 is 10.3. The van der Waals surface area contributed by atoms with E-state index in [4.69, 9.17) is 15.2 Å². The molecule has 1 amide bonds. The number of rotatable bonds is 8. The van der Waals surface area contributed by atoms with Gasteiger partial charge in [-0.1, -0.05) is 61.7 Å². The first-order valence-electron chi connectivity index (χ1n) is 10.7. The molecule has 0 unspecified atom stereocenters. The van der Waals surface area contributed by atoms with Gasteiger partial charge in [-0.2, -0.15) is 0 Å². The number of nitrogens with zero attached hydrogens (tertiary/aromatic N) is 1. The SMILES string of the molecule is COC(=O)[C@@H](CN(c1ccccc1N)C1CCCCC1)NC(=O)OCc1ccccc1. The van der Waals surface area contributed by atoms with Gasteiger partial charge >= 0.3 is 12.1 Å². The Balaban J connectivity index is 1.73. The van der Waals surface area contributed by atoms with Crippen LogP contribution in [0.25, 0.3) is 0 Å². The average Bonchev–Trinajstić information content (AvgIpc) is 2.81. The van der Waals surface area contributed by atoms with Gasteiger partial charge in [0.05, 0.1) is 18.5 Å². The molecule has 1 aliphatic rings. The zero-order valence-corrected chi connectivity index (χ0v) is 18.0. The molecule has 0 radical (unpaired) electrons. The number of hydrogen-bond donors (Lipinski definition) is 2. The quantitative estimate of drug-likeness (QED) is 0.492. The topological polar surface area (TPSA) is 93.9 Å². The fourth-order valence-electron chi connectivity index (χ4n) is 4.01. The van der Waals surface area contributed by atoms with E-state index in [1.165, 1.54) is 13.5 Å². The van der Waals surface area contributed by atoms with Gasteiger partial charge in [0.15, 0.2) is 0 Å². The van der Waals surface area contributed by atoms with E-state index in [1.54, 1.807) is 0 Å². The van der Waals surface area contributed by atoms with Crippen LogP contribution >= 0.6 is 0 Å². The van der Waals surface area contributed by atoms with Crippen LogP contribution in [0, 0.1) is 0 Å². The monoisotopic (exact) mass is 425 g/mol. The van der Waals surface area contributed by atoms with E-state index in [-0.39, 0.29) is 19.2 Å². The minimum atomic E-state index is -0.880. The second-order valence-corrected chi connectivity index (χ2v) is 7.78. The maximum atomic E-state index is 12.5. The van der Waals surface area contributed by atoms with E-state index >= 15 is 0 Å². The van der Waals surface area contributed by atoms with E-state index in [2.05, 4.69) is 10.2 Å². The van der Waals surface area contributed by atoms with Gasteiger partial charge in [-0.15, -0.1) is 0 Å². The first-order valence-corrected chi connectivity index (χ1v) is 10.7. The highest BCUT2D eigenvalue weighted by molar-refractivity contribution is 5.82. The number of hydrogen-bond acceptors (Lipinski definition) is 6. The molecule has 1 aliphatic carbocycles. The van der Waals surface area contributed by atoms with Gasteiger partial charge in [0.1, 0.15) is 12.6 Å². The summed E-state index contributed by atoms with van der Waals surface area (Å²) >= 11 is 0. The Labute approximate surface area is 183 Å². The van der Waals surface area contributed by atoms with Crippen molar-refractivity contribution in [2.75, 3.05) is 24.3 Å². The summed E-state index contributed by atoms with van der Waals surface area (Å²) in [4.78, 5) is 27.1. The molecule has 0 spiro atoms. The van der Waals surface area contributed by atoms with Gasteiger partial charge in [-0.25, -0.2) is 9.59 Å². The van der Waals surface area contributed by atoms with Crippen LogP contribution in [0.15, 0.2) is 54.6 Å². The Hall–Kier alpha value is -3.22. The summed E-state index contributed by atoms with van der Waals surface area (Å²) in [6, 6.07) is 16.4. The van der Waals surface area contributed by atoms with E-state index in [1.807, 2.05) is 54.6 Å². The number of anilines is 2. The minimum absolute atomic E-state index is 0.124. The van der Waals surface area contributed by atoms with Crippen LogP contribution in [0.2, 0.25) is 0 Å². The van der Waals surface area contributed by atoms with Crippen LogP contribution in [0.5, 0.6) is 0 Å². The zero-order chi connectivity index (χ0) is 22.1. The van der Waals surface area contributed by atoms with Crippen LogP contribution in [-0.4, -0.2) is 37.8 Å². The lowest BCUT2D eigenvalue weighted by atomic mass is 9.93. The van der Waals surface area contributed by atoms with Crippen molar-refractivity contribution in [2.24, 2.45) is 0 Å². The highest BCUT2D eigenvalue weighted by atomic mass is 16.6. The molecule has 31 heavy (non-hydrogen) atoms. The van der Waals surface area contributed by atoms with Gasteiger partial charge < -0.3 is 25.4 Å². The van der Waals surface area contributed by atoms with E-state index in [0.29, 0.717) is 5.69 Å². The van der Waals surface area contributed by atoms with Crippen molar-refractivity contribution in [1.82, 2.24) is 5.32 Å². The van der Waals surface area contributed by atoms with Crippen LogP contribution < -0.4 is 16.0 Å².